The molecule has 1 heterocycles. The third-order valence-corrected chi connectivity index (χ3v) is 6.45. The first-order chi connectivity index (χ1) is 11.6. The van der Waals surface area contributed by atoms with Gasteiger partial charge in [-0.05, 0) is 30.5 Å². The van der Waals surface area contributed by atoms with Crippen molar-refractivity contribution in [3.8, 4) is 0 Å². The van der Waals surface area contributed by atoms with E-state index >= 15 is 0 Å². The highest BCUT2D eigenvalue weighted by atomic mass is 32.2. The van der Waals surface area contributed by atoms with Gasteiger partial charge < -0.3 is 4.90 Å². The Kier molecular flexibility index (Phi) is 5.21. The van der Waals surface area contributed by atoms with Crippen molar-refractivity contribution in [3.05, 3.63) is 65.7 Å². The number of rotatable bonds is 5. The minimum absolute atomic E-state index is 0.182. The Bertz CT molecular complexity index is 767. The van der Waals surface area contributed by atoms with Gasteiger partial charge in [0.1, 0.15) is 0 Å². The van der Waals surface area contributed by atoms with Crippen LogP contribution in [-0.2, 0) is 16.4 Å². The summed E-state index contributed by atoms with van der Waals surface area (Å²) >= 11 is 0. The van der Waals surface area contributed by atoms with E-state index in [0.717, 1.165) is 18.7 Å². The molecule has 2 aromatic rings. The lowest BCUT2D eigenvalue weighted by atomic mass is 10.1. The second kappa shape index (κ2) is 7.36. The van der Waals surface area contributed by atoms with E-state index in [2.05, 4.69) is 24.0 Å². The average molecular weight is 344 g/mol. The number of hydrogen-bond acceptors (Lipinski definition) is 3. The van der Waals surface area contributed by atoms with Gasteiger partial charge in [-0.15, -0.1) is 0 Å². The van der Waals surface area contributed by atoms with E-state index < -0.39 is 10.0 Å². The van der Waals surface area contributed by atoms with Gasteiger partial charge in [0.05, 0.1) is 5.75 Å². The van der Waals surface area contributed by atoms with Gasteiger partial charge in [0.2, 0.25) is 10.0 Å². The molecule has 4 nitrogen and oxygen atoms in total. The second-order valence-corrected chi connectivity index (χ2v) is 8.31. The summed E-state index contributed by atoms with van der Waals surface area (Å²) in [4.78, 5) is 2.28. The lowest BCUT2D eigenvalue weighted by Gasteiger charge is -2.36. The summed E-state index contributed by atoms with van der Waals surface area (Å²) in [6.45, 7) is 4.71. The van der Waals surface area contributed by atoms with E-state index in [4.69, 9.17) is 0 Å². The molecule has 5 heteroatoms. The fourth-order valence-corrected chi connectivity index (χ4v) is 4.62. The Morgan fingerprint density at radius 2 is 1.50 bits per heavy atom. The number of piperazine rings is 1. The van der Waals surface area contributed by atoms with Crippen LogP contribution in [0.5, 0.6) is 0 Å². The Balaban J connectivity index is 1.58. The Morgan fingerprint density at radius 1 is 0.875 bits per heavy atom. The van der Waals surface area contributed by atoms with Crippen LogP contribution in [0.2, 0.25) is 0 Å². The van der Waals surface area contributed by atoms with Crippen molar-refractivity contribution in [2.45, 2.75) is 13.3 Å². The minimum Gasteiger partial charge on any atom is -0.369 e. The predicted molar refractivity (Wildman–Crippen MR) is 98.9 cm³/mol. The van der Waals surface area contributed by atoms with Gasteiger partial charge in [0, 0.05) is 31.9 Å². The summed E-state index contributed by atoms with van der Waals surface area (Å²) in [7, 11) is -3.19. The summed E-state index contributed by atoms with van der Waals surface area (Å²) in [5.41, 5.74) is 3.51. The van der Waals surface area contributed by atoms with Crippen LogP contribution in [0.1, 0.15) is 11.1 Å². The maximum absolute atomic E-state index is 12.6. The van der Waals surface area contributed by atoms with E-state index in [-0.39, 0.29) is 5.75 Å². The van der Waals surface area contributed by atoms with Crippen molar-refractivity contribution in [1.29, 1.82) is 0 Å². The highest BCUT2D eigenvalue weighted by Gasteiger charge is 2.27. The zero-order valence-electron chi connectivity index (χ0n) is 14.1. The van der Waals surface area contributed by atoms with Gasteiger partial charge in [0.15, 0.2) is 0 Å². The molecule has 128 valence electrons. The molecule has 1 saturated heterocycles. The molecule has 0 atom stereocenters. The molecule has 0 bridgehead atoms. The first-order valence-corrected chi connectivity index (χ1v) is 9.99. The fourth-order valence-electron chi connectivity index (χ4n) is 3.15. The van der Waals surface area contributed by atoms with Crippen LogP contribution >= 0.6 is 0 Å². The van der Waals surface area contributed by atoms with Crippen LogP contribution in [0, 0.1) is 6.92 Å². The number of anilines is 1. The summed E-state index contributed by atoms with van der Waals surface area (Å²) in [6, 6.07) is 18.1. The summed E-state index contributed by atoms with van der Waals surface area (Å²) in [6.07, 6.45) is 0.571. The molecule has 0 radical (unpaired) electrons. The van der Waals surface area contributed by atoms with E-state index in [1.54, 1.807) is 4.31 Å². The van der Waals surface area contributed by atoms with Crippen LogP contribution in [0.4, 0.5) is 5.69 Å². The fraction of sp³-hybridized carbons (Fsp3) is 0.368. The quantitative estimate of drug-likeness (QED) is 0.837. The average Bonchev–Trinajstić information content (AvgIpc) is 2.62. The summed E-state index contributed by atoms with van der Waals surface area (Å²) in [5.74, 6) is 0.182. The van der Waals surface area contributed by atoms with Gasteiger partial charge in [-0.2, -0.15) is 4.31 Å². The molecule has 0 unspecified atom stereocenters. The van der Waals surface area contributed by atoms with Crippen LogP contribution < -0.4 is 4.90 Å². The standard InChI is InChI=1S/C19H24N2O2S/c1-17-7-5-6-10-19(17)20-12-14-21(15-13-20)24(22,23)16-11-18-8-3-2-4-9-18/h2-10H,11-16H2,1H3. The summed E-state index contributed by atoms with van der Waals surface area (Å²) < 4.78 is 26.8. The zero-order valence-corrected chi connectivity index (χ0v) is 14.9. The van der Waals surface area contributed by atoms with Gasteiger partial charge in [0.25, 0.3) is 0 Å². The van der Waals surface area contributed by atoms with E-state index in [1.165, 1.54) is 11.3 Å². The molecule has 2 aromatic carbocycles. The number of para-hydroxylation sites is 1. The Labute approximate surface area is 144 Å². The highest BCUT2D eigenvalue weighted by molar-refractivity contribution is 7.89. The molecule has 0 amide bonds. The maximum Gasteiger partial charge on any atom is 0.214 e. The van der Waals surface area contributed by atoms with E-state index in [0.29, 0.717) is 19.5 Å². The molecular formula is C19H24N2O2S. The van der Waals surface area contributed by atoms with Crippen molar-refractivity contribution >= 4 is 15.7 Å². The summed E-state index contributed by atoms with van der Waals surface area (Å²) in [5, 5.41) is 0. The van der Waals surface area contributed by atoms with E-state index in [9.17, 15) is 8.42 Å². The van der Waals surface area contributed by atoms with Crippen LogP contribution in [0.25, 0.3) is 0 Å². The van der Waals surface area contributed by atoms with Gasteiger partial charge in [-0.25, -0.2) is 8.42 Å². The van der Waals surface area contributed by atoms with Gasteiger partial charge in [-0.1, -0.05) is 48.5 Å². The monoisotopic (exact) mass is 344 g/mol. The maximum atomic E-state index is 12.6. The molecular weight excluding hydrogens is 320 g/mol. The zero-order chi connectivity index (χ0) is 17.0. The first kappa shape index (κ1) is 17.0. The van der Waals surface area contributed by atoms with Crippen LogP contribution in [0.15, 0.2) is 54.6 Å². The third kappa shape index (κ3) is 3.97. The van der Waals surface area contributed by atoms with Crippen molar-refractivity contribution in [2.75, 3.05) is 36.8 Å². The number of nitrogens with zero attached hydrogens (tertiary/aromatic N) is 2. The minimum atomic E-state index is -3.19. The molecule has 0 aromatic heterocycles. The second-order valence-electron chi connectivity index (χ2n) is 6.22. The van der Waals surface area contributed by atoms with Crippen LogP contribution in [0.3, 0.4) is 0 Å². The Hall–Kier alpha value is -1.85. The van der Waals surface area contributed by atoms with Crippen molar-refractivity contribution in [2.24, 2.45) is 0 Å². The molecule has 3 rings (SSSR count). The van der Waals surface area contributed by atoms with Crippen molar-refractivity contribution in [3.63, 3.8) is 0 Å². The largest absolute Gasteiger partial charge is 0.369 e. The van der Waals surface area contributed by atoms with Crippen molar-refractivity contribution < 1.29 is 8.42 Å². The third-order valence-electron chi connectivity index (χ3n) is 4.58. The smallest absolute Gasteiger partial charge is 0.214 e. The molecule has 0 aliphatic carbocycles. The number of hydrogen-bond donors (Lipinski definition) is 0. The van der Waals surface area contributed by atoms with Gasteiger partial charge in [-0.3, -0.25) is 0 Å². The molecule has 24 heavy (non-hydrogen) atoms. The molecule has 1 aliphatic heterocycles. The highest BCUT2D eigenvalue weighted by Crippen LogP contribution is 2.21. The number of benzene rings is 2. The Morgan fingerprint density at radius 3 is 2.17 bits per heavy atom. The molecule has 0 saturated carbocycles. The number of sulfonamides is 1. The van der Waals surface area contributed by atoms with Gasteiger partial charge >= 0.3 is 0 Å². The molecule has 1 fully saturated rings. The first-order valence-electron chi connectivity index (χ1n) is 8.38. The van der Waals surface area contributed by atoms with Crippen LogP contribution in [-0.4, -0.2) is 44.7 Å². The normalized spacial score (nSPS) is 16.3. The topological polar surface area (TPSA) is 40.6 Å². The number of aryl methyl sites for hydroxylation is 2. The lowest BCUT2D eigenvalue weighted by molar-refractivity contribution is 0.384. The molecule has 1 aliphatic rings. The lowest BCUT2D eigenvalue weighted by Crippen LogP contribution is -2.49. The molecule has 0 spiro atoms. The predicted octanol–water partition coefficient (Wildman–Crippen LogP) is 2.69. The van der Waals surface area contributed by atoms with E-state index in [1.807, 2.05) is 42.5 Å². The molecule has 0 N–H and O–H groups in total. The van der Waals surface area contributed by atoms with Crippen molar-refractivity contribution in [1.82, 2.24) is 4.31 Å². The SMILES string of the molecule is Cc1ccccc1N1CCN(S(=O)(=O)CCc2ccccc2)CC1.